The lowest BCUT2D eigenvalue weighted by Crippen LogP contribution is -2.42. The zero-order chi connectivity index (χ0) is 21.9. The first kappa shape index (κ1) is 22.6. The van der Waals surface area contributed by atoms with Crippen LogP contribution in [-0.2, 0) is 14.6 Å². The minimum atomic E-state index is -3.04. The van der Waals surface area contributed by atoms with Crippen molar-refractivity contribution in [1.82, 2.24) is 19.7 Å². The van der Waals surface area contributed by atoms with E-state index in [0.717, 1.165) is 17.1 Å². The van der Waals surface area contributed by atoms with Crippen molar-refractivity contribution < 1.29 is 17.9 Å². The van der Waals surface area contributed by atoms with E-state index in [4.69, 9.17) is 4.74 Å². The van der Waals surface area contributed by atoms with Crippen molar-refractivity contribution in [2.45, 2.75) is 44.4 Å². The molecule has 2 heterocycles. The standard InChI is InChI=1S/C20H28N4O4S2/c1-5-23(16-10-11-30(26,27)13-16)18(25)12-29-20-22-21-19(24(20)14(2)3)15-6-8-17(28-4)9-7-15/h6-9,14,16H,5,10-13H2,1-4H3/t16-/m1/s1. The number of hydrogen-bond acceptors (Lipinski definition) is 7. The molecule has 1 aromatic carbocycles. The number of benzene rings is 1. The van der Waals surface area contributed by atoms with E-state index < -0.39 is 9.84 Å². The van der Waals surface area contributed by atoms with Gasteiger partial charge in [-0.25, -0.2) is 8.42 Å². The van der Waals surface area contributed by atoms with Gasteiger partial charge in [-0.05, 0) is 51.5 Å². The molecule has 2 aromatic rings. The third-order valence-corrected chi connectivity index (χ3v) is 7.84. The second-order valence-electron chi connectivity index (χ2n) is 7.52. The molecule has 1 aliphatic heterocycles. The molecule has 3 rings (SSSR count). The van der Waals surface area contributed by atoms with Crippen molar-refractivity contribution in [2.75, 3.05) is 30.9 Å². The Kier molecular flexibility index (Phi) is 7.07. The summed E-state index contributed by atoms with van der Waals surface area (Å²) in [5.74, 6) is 1.83. The third kappa shape index (κ3) is 4.97. The SMILES string of the molecule is CCN(C(=O)CSc1nnc(-c2ccc(OC)cc2)n1C(C)C)[C@@H]1CCS(=O)(=O)C1. The van der Waals surface area contributed by atoms with Gasteiger partial charge in [0, 0.05) is 24.2 Å². The van der Waals surface area contributed by atoms with E-state index >= 15 is 0 Å². The maximum Gasteiger partial charge on any atom is 0.233 e. The summed E-state index contributed by atoms with van der Waals surface area (Å²) in [4.78, 5) is 14.5. The van der Waals surface area contributed by atoms with E-state index in [1.54, 1.807) is 12.0 Å². The Balaban J connectivity index is 1.74. The number of thioether (sulfide) groups is 1. The minimum Gasteiger partial charge on any atom is -0.497 e. The Hall–Kier alpha value is -2.07. The average molecular weight is 453 g/mol. The summed E-state index contributed by atoms with van der Waals surface area (Å²) in [5.41, 5.74) is 0.918. The molecule has 1 saturated heterocycles. The Bertz CT molecular complexity index is 987. The first-order valence-electron chi connectivity index (χ1n) is 9.97. The molecule has 0 saturated carbocycles. The molecular formula is C20H28N4O4S2. The number of sulfone groups is 1. The van der Waals surface area contributed by atoms with Gasteiger partial charge in [-0.2, -0.15) is 0 Å². The van der Waals surface area contributed by atoms with Crippen LogP contribution in [0.3, 0.4) is 0 Å². The van der Waals surface area contributed by atoms with Crippen molar-refractivity contribution in [1.29, 1.82) is 0 Å². The largest absolute Gasteiger partial charge is 0.497 e. The molecule has 0 bridgehead atoms. The molecule has 1 aliphatic rings. The first-order valence-corrected chi connectivity index (χ1v) is 12.8. The highest BCUT2D eigenvalue weighted by molar-refractivity contribution is 7.99. The topological polar surface area (TPSA) is 94.4 Å². The number of ether oxygens (including phenoxy) is 1. The quantitative estimate of drug-likeness (QED) is 0.568. The molecule has 0 unspecified atom stereocenters. The van der Waals surface area contributed by atoms with Gasteiger partial charge in [-0.1, -0.05) is 11.8 Å². The number of nitrogens with zero attached hydrogens (tertiary/aromatic N) is 4. The van der Waals surface area contributed by atoms with E-state index in [-0.39, 0.29) is 35.2 Å². The van der Waals surface area contributed by atoms with Crippen LogP contribution in [0.25, 0.3) is 11.4 Å². The first-order chi connectivity index (χ1) is 14.3. The smallest absolute Gasteiger partial charge is 0.233 e. The van der Waals surface area contributed by atoms with E-state index in [1.807, 2.05) is 49.6 Å². The second-order valence-corrected chi connectivity index (χ2v) is 10.7. The summed E-state index contributed by atoms with van der Waals surface area (Å²) in [7, 11) is -1.41. The number of hydrogen-bond donors (Lipinski definition) is 0. The highest BCUT2D eigenvalue weighted by Crippen LogP contribution is 2.29. The summed E-state index contributed by atoms with van der Waals surface area (Å²) in [5, 5.41) is 9.33. The van der Waals surface area contributed by atoms with Crippen LogP contribution in [0.2, 0.25) is 0 Å². The normalized spacial score (nSPS) is 18.0. The van der Waals surface area contributed by atoms with E-state index in [9.17, 15) is 13.2 Å². The van der Waals surface area contributed by atoms with Gasteiger partial charge in [0.15, 0.2) is 20.8 Å². The van der Waals surface area contributed by atoms with Gasteiger partial charge in [0.25, 0.3) is 0 Å². The molecule has 1 aromatic heterocycles. The molecule has 0 spiro atoms. The summed E-state index contributed by atoms with van der Waals surface area (Å²) in [6, 6.07) is 7.49. The summed E-state index contributed by atoms with van der Waals surface area (Å²) >= 11 is 1.33. The molecule has 30 heavy (non-hydrogen) atoms. The second kappa shape index (κ2) is 9.38. The summed E-state index contributed by atoms with van der Waals surface area (Å²) in [6.07, 6.45) is 0.510. The molecule has 1 atom stereocenters. The zero-order valence-corrected chi connectivity index (χ0v) is 19.4. The van der Waals surface area contributed by atoms with Crippen LogP contribution in [0.5, 0.6) is 5.75 Å². The molecule has 1 fully saturated rings. The van der Waals surface area contributed by atoms with Crippen molar-refractivity contribution in [3.63, 3.8) is 0 Å². The average Bonchev–Trinajstić information content (AvgIpc) is 3.30. The van der Waals surface area contributed by atoms with Gasteiger partial charge in [0.1, 0.15) is 5.75 Å². The van der Waals surface area contributed by atoms with Gasteiger partial charge < -0.3 is 9.64 Å². The zero-order valence-electron chi connectivity index (χ0n) is 17.7. The molecule has 1 amide bonds. The van der Waals surface area contributed by atoms with Crippen LogP contribution in [0.4, 0.5) is 0 Å². The van der Waals surface area contributed by atoms with Gasteiger partial charge in [-0.15, -0.1) is 10.2 Å². The number of rotatable bonds is 8. The van der Waals surface area contributed by atoms with Gasteiger partial charge in [0.2, 0.25) is 5.91 Å². The van der Waals surface area contributed by atoms with E-state index in [0.29, 0.717) is 18.1 Å². The Morgan fingerprint density at radius 3 is 2.53 bits per heavy atom. The molecule has 0 radical (unpaired) electrons. The third-order valence-electron chi connectivity index (χ3n) is 5.16. The number of aromatic nitrogens is 3. The van der Waals surface area contributed by atoms with Crippen molar-refractivity contribution in [3.8, 4) is 17.1 Å². The van der Waals surface area contributed by atoms with Crippen molar-refractivity contribution in [3.05, 3.63) is 24.3 Å². The fourth-order valence-electron chi connectivity index (χ4n) is 3.65. The molecule has 0 aliphatic carbocycles. The summed E-state index contributed by atoms with van der Waals surface area (Å²) < 4.78 is 30.8. The Morgan fingerprint density at radius 2 is 2.00 bits per heavy atom. The maximum atomic E-state index is 12.8. The lowest BCUT2D eigenvalue weighted by Gasteiger charge is -2.26. The van der Waals surface area contributed by atoms with Crippen LogP contribution in [0, 0.1) is 0 Å². The molecule has 10 heteroatoms. The molecular weight excluding hydrogens is 424 g/mol. The van der Waals surface area contributed by atoms with Gasteiger partial charge in [0.05, 0.1) is 24.4 Å². The predicted octanol–water partition coefficient (Wildman–Crippen LogP) is 2.66. The monoisotopic (exact) mass is 452 g/mol. The number of methoxy groups -OCH3 is 1. The van der Waals surface area contributed by atoms with Crippen molar-refractivity contribution >= 4 is 27.5 Å². The highest BCUT2D eigenvalue weighted by Gasteiger charge is 2.34. The minimum absolute atomic E-state index is 0.0566. The fraction of sp³-hybridized carbons (Fsp3) is 0.550. The maximum absolute atomic E-state index is 12.8. The van der Waals surface area contributed by atoms with Crippen LogP contribution < -0.4 is 4.74 Å². The summed E-state index contributed by atoms with van der Waals surface area (Å²) in [6.45, 7) is 6.47. The predicted molar refractivity (Wildman–Crippen MR) is 118 cm³/mol. The fourth-order valence-corrected chi connectivity index (χ4v) is 6.33. The van der Waals surface area contributed by atoms with Crippen LogP contribution in [0.1, 0.15) is 33.2 Å². The lowest BCUT2D eigenvalue weighted by molar-refractivity contribution is -0.129. The van der Waals surface area contributed by atoms with Crippen LogP contribution in [0.15, 0.2) is 29.4 Å². The number of amides is 1. The Labute approximate surface area is 181 Å². The van der Waals surface area contributed by atoms with Crippen LogP contribution >= 0.6 is 11.8 Å². The highest BCUT2D eigenvalue weighted by atomic mass is 32.2. The molecule has 164 valence electrons. The lowest BCUT2D eigenvalue weighted by atomic mass is 10.2. The number of carbonyl (C=O) groups is 1. The van der Waals surface area contributed by atoms with E-state index in [2.05, 4.69) is 10.2 Å². The van der Waals surface area contributed by atoms with Gasteiger partial charge in [-0.3, -0.25) is 9.36 Å². The molecule has 8 nitrogen and oxygen atoms in total. The Morgan fingerprint density at radius 1 is 1.30 bits per heavy atom. The van der Waals surface area contributed by atoms with Crippen LogP contribution in [-0.4, -0.2) is 70.9 Å². The van der Waals surface area contributed by atoms with Crippen molar-refractivity contribution in [2.24, 2.45) is 0 Å². The van der Waals surface area contributed by atoms with Gasteiger partial charge >= 0.3 is 0 Å². The number of carbonyl (C=O) groups excluding carboxylic acids is 1. The van der Waals surface area contributed by atoms with E-state index in [1.165, 1.54) is 11.8 Å². The molecule has 0 N–H and O–H groups in total.